The van der Waals surface area contributed by atoms with E-state index >= 15 is 0 Å². The monoisotopic (exact) mass is 526 g/mol. The van der Waals surface area contributed by atoms with Crippen LogP contribution in [0.25, 0.3) is 0 Å². The van der Waals surface area contributed by atoms with E-state index in [2.05, 4.69) is 38.1 Å². The molecule has 0 radical (unpaired) electrons. The van der Waals surface area contributed by atoms with Gasteiger partial charge < -0.3 is 19.3 Å². The van der Waals surface area contributed by atoms with Gasteiger partial charge in [0, 0.05) is 0 Å². The van der Waals surface area contributed by atoms with E-state index in [0.29, 0.717) is 19.8 Å². The smallest absolute Gasteiger partial charge is 0.114 e. The minimum Gasteiger partial charge on any atom is -0.394 e. The summed E-state index contributed by atoms with van der Waals surface area (Å²) in [5, 5.41) is 10.5. The SMILES string of the molecule is CCSC(SCC)[C@H](OCc1ccccc1)[C@H](OCc1ccccc1)[C@@H](CO)OCc1ccccc1. The second kappa shape index (κ2) is 16.8. The summed E-state index contributed by atoms with van der Waals surface area (Å²) in [6.45, 7) is 5.46. The van der Waals surface area contributed by atoms with E-state index in [0.717, 1.165) is 28.2 Å². The van der Waals surface area contributed by atoms with Gasteiger partial charge in [-0.2, -0.15) is 0 Å². The van der Waals surface area contributed by atoms with Crippen LogP contribution in [0.1, 0.15) is 30.5 Å². The average Bonchev–Trinajstić information content (AvgIpc) is 2.93. The molecule has 3 aromatic carbocycles. The molecule has 0 saturated carbocycles. The third kappa shape index (κ3) is 9.58. The van der Waals surface area contributed by atoms with Crippen molar-refractivity contribution >= 4 is 23.5 Å². The molecule has 36 heavy (non-hydrogen) atoms. The summed E-state index contributed by atoms with van der Waals surface area (Å²) >= 11 is 3.71. The summed E-state index contributed by atoms with van der Waals surface area (Å²) in [6.07, 6.45) is -1.27. The first kappa shape index (κ1) is 28.8. The number of thioether (sulfide) groups is 2. The van der Waals surface area contributed by atoms with Crippen molar-refractivity contribution in [1.82, 2.24) is 0 Å². The zero-order valence-electron chi connectivity index (χ0n) is 21.2. The Morgan fingerprint density at radius 1 is 0.583 bits per heavy atom. The van der Waals surface area contributed by atoms with Crippen LogP contribution in [0.15, 0.2) is 91.0 Å². The van der Waals surface area contributed by atoms with E-state index in [1.165, 1.54) is 0 Å². The molecule has 0 bridgehead atoms. The first-order valence-electron chi connectivity index (χ1n) is 12.6. The second-order valence-electron chi connectivity index (χ2n) is 8.32. The van der Waals surface area contributed by atoms with Crippen LogP contribution < -0.4 is 0 Å². The summed E-state index contributed by atoms with van der Waals surface area (Å²) in [7, 11) is 0. The van der Waals surface area contributed by atoms with Crippen molar-refractivity contribution in [2.75, 3.05) is 18.1 Å². The van der Waals surface area contributed by atoms with E-state index in [9.17, 15) is 5.11 Å². The largest absolute Gasteiger partial charge is 0.394 e. The van der Waals surface area contributed by atoms with Gasteiger partial charge >= 0.3 is 0 Å². The molecule has 3 atom stereocenters. The molecular weight excluding hydrogens is 488 g/mol. The Kier molecular flexibility index (Phi) is 13.5. The van der Waals surface area contributed by atoms with E-state index in [4.69, 9.17) is 14.2 Å². The van der Waals surface area contributed by atoms with Crippen LogP contribution in [0, 0.1) is 0 Å². The van der Waals surface area contributed by atoms with Gasteiger partial charge in [-0.05, 0) is 28.2 Å². The molecule has 0 spiro atoms. The molecule has 0 aliphatic heterocycles. The summed E-state index contributed by atoms with van der Waals surface area (Å²) in [5.74, 6) is 1.92. The highest BCUT2D eigenvalue weighted by atomic mass is 32.2. The molecule has 3 aromatic rings. The van der Waals surface area contributed by atoms with Crippen molar-refractivity contribution in [3.05, 3.63) is 108 Å². The Labute approximate surface area is 224 Å². The van der Waals surface area contributed by atoms with Gasteiger partial charge in [-0.1, -0.05) is 105 Å². The summed E-state index contributed by atoms with van der Waals surface area (Å²) in [4.78, 5) is 0. The number of aliphatic hydroxyl groups is 1. The zero-order chi connectivity index (χ0) is 25.4. The molecule has 0 fully saturated rings. The van der Waals surface area contributed by atoms with Gasteiger partial charge in [-0.3, -0.25) is 0 Å². The van der Waals surface area contributed by atoms with Gasteiger partial charge in [-0.15, -0.1) is 23.5 Å². The van der Waals surface area contributed by atoms with Crippen LogP contribution in [0.3, 0.4) is 0 Å². The molecule has 6 heteroatoms. The molecule has 0 heterocycles. The standard InChI is InChI=1S/C30H38O4S2/c1-3-35-30(36-4-2)29(34-23-26-18-12-7-13-19-26)28(33-22-25-16-10-6-11-17-25)27(20-31)32-21-24-14-8-5-9-15-24/h5-19,27-31H,3-4,20-23H2,1-2H3/t27-,28-,29-/m1/s1. The molecule has 0 aliphatic rings. The van der Waals surface area contributed by atoms with Crippen LogP contribution in [-0.2, 0) is 34.0 Å². The predicted octanol–water partition coefficient (Wildman–Crippen LogP) is 6.57. The molecule has 0 aromatic heterocycles. The highest BCUT2D eigenvalue weighted by Gasteiger charge is 2.37. The molecule has 0 unspecified atom stereocenters. The minimum atomic E-state index is -0.535. The van der Waals surface area contributed by atoms with Gasteiger partial charge in [0.25, 0.3) is 0 Å². The molecule has 4 nitrogen and oxygen atoms in total. The number of hydrogen-bond donors (Lipinski definition) is 1. The van der Waals surface area contributed by atoms with E-state index in [-0.39, 0.29) is 17.3 Å². The average molecular weight is 527 g/mol. The summed E-state index contributed by atoms with van der Waals surface area (Å²) in [5.41, 5.74) is 3.24. The quantitative estimate of drug-likeness (QED) is 0.201. The minimum absolute atomic E-state index is 0.138. The molecule has 1 N–H and O–H groups in total. The summed E-state index contributed by atoms with van der Waals surface area (Å²) in [6, 6.07) is 30.3. The van der Waals surface area contributed by atoms with Crippen molar-refractivity contribution < 1.29 is 19.3 Å². The lowest BCUT2D eigenvalue weighted by atomic mass is 10.1. The number of benzene rings is 3. The molecule has 194 valence electrons. The van der Waals surface area contributed by atoms with Crippen LogP contribution in [0.2, 0.25) is 0 Å². The summed E-state index contributed by atoms with van der Waals surface area (Å²) < 4.78 is 19.6. The Bertz CT molecular complexity index is 937. The van der Waals surface area contributed by atoms with Crippen molar-refractivity contribution in [1.29, 1.82) is 0 Å². The van der Waals surface area contributed by atoms with Crippen LogP contribution >= 0.6 is 23.5 Å². The maximum atomic E-state index is 10.5. The Balaban J connectivity index is 1.86. The molecular formula is C30H38O4S2. The highest BCUT2D eigenvalue weighted by Crippen LogP contribution is 2.33. The molecule has 0 aliphatic carbocycles. The molecule has 0 amide bonds. The predicted molar refractivity (Wildman–Crippen MR) is 152 cm³/mol. The highest BCUT2D eigenvalue weighted by molar-refractivity contribution is 8.17. The first-order chi connectivity index (χ1) is 17.7. The fourth-order valence-electron chi connectivity index (χ4n) is 3.87. The topological polar surface area (TPSA) is 47.9 Å². The second-order valence-corrected chi connectivity index (χ2v) is 11.5. The van der Waals surface area contributed by atoms with E-state index in [1.54, 1.807) is 0 Å². The van der Waals surface area contributed by atoms with Crippen molar-refractivity contribution in [3.8, 4) is 0 Å². The van der Waals surface area contributed by atoms with Crippen molar-refractivity contribution in [2.45, 2.75) is 56.6 Å². The normalized spacial score (nSPS) is 14.0. The number of hydrogen-bond acceptors (Lipinski definition) is 6. The third-order valence-corrected chi connectivity index (χ3v) is 8.35. The lowest BCUT2D eigenvalue weighted by Crippen LogP contribution is -2.48. The number of rotatable bonds is 17. The van der Waals surface area contributed by atoms with Crippen LogP contribution in [0.4, 0.5) is 0 Å². The van der Waals surface area contributed by atoms with E-state index in [1.807, 2.05) is 90.3 Å². The van der Waals surface area contributed by atoms with E-state index < -0.39 is 12.2 Å². The van der Waals surface area contributed by atoms with Crippen molar-refractivity contribution in [2.24, 2.45) is 0 Å². The Morgan fingerprint density at radius 2 is 0.972 bits per heavy atom. The van der Waals surface area contributed by atoms with Crippen molar-refractivity contribution in [3.63, 3.8) is 0 Å². The Morgan fingerprint density at radius 3 is 1.36 bits per heavy atom. The molecule has 3 rings (SSSR count). The van der Waals surface area contributed by atoms with Crippen LogP contribution in [0.5, 0.6) is 0 Å². The fourth-order valence-corrected chi connectivity index (χ4v) is 6.58. The first-order valence-corrected chi connectivity index (χ1v) is 14.7. The maximum Gasteiger partial charge on any atom is 0.114 e. The zero-order valence-corrected chi connectivity index (χ0v) is 22.8. The van der Waals surface area contributed by atoms with Gasteiger partial charge in [0.1, 0.15) is 18.3 Å². The van der Waals surface area contributed by atoms with Gasteiger partial charge in [0.15, 0.2) is 0 Å². The molecule has 0 saturated heterocycles. The lowest BCUT2D eigenvalue weighted by molar-refractivity contribution is -0.157. The number of ether oxygens (including phenoxy) is 3. The fraction of sp³-hybridized carbons (Fsp3) is 0.400. The lowest BCUT2D eigenvalue weighted by Gasteiger charge is -2.36. The maximum absolute atomic E-state index is 10.5. The Hall–Kier alpha value is -1.80. The van der Waals surface area contributed by atoms with Gasteiger partial charge in [-0.25, -0.2) is 0 Å². The van der Waals surface area contributed by atoms with Gasteiger partial charge in [0.2, 0.25) is 0 Å². The number of aliphatic hydroxyl groups excluding tert-OH is 1. The third-order valence-electron chi connectivity index (χ3n) is 5.68. The van der Waals surface area contributed by atoms with Gasteiger partial charge in [0.05, 0.1) is 31.0 Å². The van der Waals surface area contributed by atoms with Crippen LogP contribution in [-0.4, -0.2) is 46.1 Å².